The summed E-state index contributed by atoms with van der Waals surface area (Å²) in [6.07, 6.45) is 2.59. The van der Waals surface area contributed by atoms with E-state index in [1.165, 1.54) is 18.3 Å². The summed E-state index contributed by atoms with van der Waals surface area (Å²) < 4.78 is 20.4. The van der Waals surface area contributed by atoms with Gasteiger partial charge in [0.05, 0.1) is 22.8 Å². The van der Waals surface area contributed by atoms with Crippen molar-refractivity contribution in [3.8, 4) is 17.8 Å². The third-order valence-corrected chi connectivity index (χ3v) is 6.48. The van der Waals surface area contributed by atoms with Crippen molar-refractivity contribution in [2.45, 2.75) is 12.5 Å². The fraction of sp³-hybridized carbons (Fsp3) is 0.304. The van der Waals surface area contributed by atoms with Crippen LogP contribution in [0.2, 0.25) is 0 Å². The molecule has 0 aliphatic carbocycles. The number of nitrogens with one attached hydrogen (secondary N) is 3. The zero-order chi connectivity index (χ0) is 22.5. The lowest BCUT2D eigenvalue weighted by Crippen LogP contribution is -2.30. The van der Waals surface area contributed by atoms with Crippen LogP contribution in [0.1, 0.15) is 12.1 Å². The molecule has 3 aromatic heterocycles. The van der Waals surface area contributed by atoms with Crippen LogP contribution in [0.4, 0.5) is 15.9 Å². The van der Waals surface area contributed by atoms with Crippen molar-refractivity contribution in [1.29, 1.82) is 5.26 Å². The first-order valence-electron chi connectivity index (χ1n) is 10.9. The lowest BCUT2D eigenvalue weighted by atomic mass is 10.1. The molecule has 166 valence electrons. The maximum atomic E-state index is 14.4. The second-order valence-electron chi connectivity index (χ2n) is 8.41. The Morgan fingerprint density at radius 2 is 2.18 bits per heavy atom. The SMILES string of the molecule is CNc1cc(F)cc2c1[nH]c1nc(Oc3ccc(C#N)nc3)nc(N3CC4CCNC4C3)c12. The maximum Gasteiger partial charge on any atom is 0.326 e. The molecule has 2 aliphatic heterocycles. The number of nitriles is 1. The molecule has 0 amide bonds. The Morgan fingerprint density at radius 1 is 1.27 bits per heavy atom. The summed E-state index contributed by atoms with van der Waals surface area (Å²) in [5.41, 5.74) is 2.28. The van der Waals surface area contributed by atoms with Gasteiger partial charge in [-0.3, -0.25) is 0 Å². The predicted octanol–water partition coefficient (Wildman–Crippen LogP) is 3.15. The summed E-state index contributed by atoms with van der Waals surface area (Å²) in [5.74, 6) is 1.36. The fourth-order valence-electron chi connectivity index (χ4n) is 4.93. The first-order chi connectivity index (χ1) is 16.1. The Balaban J connectivity index is 1.51. The first kappa shape index (κ1) is 19.7. The second-order valence-corrected chi connectivity index (χ2v) is 8.41. The molecule has 33 heavy (non-hydrogen) atoms. The van der Waals surface area contributed by atoms with Crippen molar-refractivity contribution in [1.82, 2.24) is 25.3 Å². The zero-order valence-corrected chi connectivity index (χ0v) is 17.9. The summed E-state index contributed by atoms with van der Waals surface area (Å²) >= 11 is 0. The van der Waals surface area contributed by atoms with E-state index < -0.39 is 0 Å². The number of aromatic amines is 1. The fourth-order valence-corrected chi connectivity index (χ4v) is 4.93. The van der Waals surface area contributed by atoms with Gasteiger partial charge in [0.2, 0.25) is 0 Å². The molecule has 2 atom stereocenters. The highest BCUT2D eigenvalue weighted by Crippen LogP contribution is 2.39. The van der Waals surface area contributed by atoms with Crippen molar-refractivity contribution in [3.05, 3.63) is 42.0 Å². The third kappa shape index (κ3) is 3.29. The molecule has 0 spiro atoms. The molecule has 9 nitrogen and oxygen atoms in total. The van der Waals surface area contributed by atoms with Crippen molar-refractivity contribution >= 4 is 33.4 Å². The van der Waals surface area contributed by atoms with E-state index in [4.69, 9.17) is 15.0 Å². The predicted molar refractivity (Wildman–Crippen MR) is 122 cm³/mol. The topological polar surface area (TPSA) is 115 Å². The van der Waals surface area contributed by atoms with Crippen LogP contribution in [-0.4, -0.2) is 52.7 Å². The van der Waals surface area contributed by atoms with E-state index >= 15 is 0 Å². The standard InChI is InChI=1S/C23H21FN8O/c1-26-17-7-13(24)6-16-19-21(29-20(16)17)30-23(33-15-3-2-14(8-25)28-9-15)31-22(19)32-10-12-4-5-27-18(12)11-32/h2-3,6-7,9,12,18,26-27H,4-5,10-11H2,1H3,(H,29,30,31). The van der Waals surface area contributed by atoms with Crippen LogP contribution in [0, 0.1) is 23.1 Å². The highest BCUT2D eigenvalue weighted by Gasteiger charge is 2.37. The van der Waals surface area contributed by atoms with E-state index in [-0.39, 0.29) is 11.8 Å². The molecule has 10 heteroatoms. The van der Waals surface area contributed by atoms with Crippen molar-refractivity contribution < 1.29 is 9.13 Å². The zero-order valence-electron chi connectivity index (χ0n) is 17.9. The molecule has 0 bridgehead atoms. The molecule has 2 saturated heterocycles. The van der Waals surface area contributed by atoms with E-state index in [0.717, 1.165) is 42.3 Å². The number of pyridine rings is 1. The molecule has 2 fully saturated rings. The number of anilines is 2. The minimum absolute atomic E-state index is 0.159. The molecule has 0 radical (unpaired) electrons. The van der Waals surface area contributed by atoms with Gasteiger partial charge in [-0.2, -0.15) is 15.2 Å². The van der Waals surface area contributed by atoms with Gasteiger partial charge in [0.25, 0.3) is 0 Å². The Labute approximate surface area is 188 Å². The summed E-state index contributed by atoms with van der Waals surface area (Å²) in [4.78, 5) is 18.9. The monoisotopic (exact) mass is 444 g/mol. The number of hydrogen-bond acceptors (Lipinski definition) is 8. The molecule has 1 aromatic carbocycles. The molecular weight excluding hydrogens is 423 g/mol. The minimum Gasteiger partial charge on any atom is -0.423 e. The number of ether oxygens (including phenoxy) is 1. The van der Waals surface area contributed by atoms with Gasteiger partial charge in [0.1, 0.15) is 34.8 Å². The molecule has 5 heterocycles. The minimum atomic E-state index is -0.331. The lowest BCUT2D eigenvalue weighted by molar-refractivity contribution is 0.442. The van der Waals surface area contributed by atoms with E-state index in [0.29, 0.717) is 40.6 Å². The molecule has 2 unspecified atom stereocenters. The Hall–Kier alpha value is -3.97. The number of hydrogen-bond donors (Lipinski definition) is 3. The molecule has 6 rings (SSSR count). The largest absolute Gasteiger partial charge is 0.423 e. The van der Waals surface area contributed by atoms with Crippen LogP contribution in [-0.2, 0) is 0 Å². The van der Waals surface area contributed by atoms with Gasteiger partial charge in [0.15, 0.2) is 0 Å². The Bertz CT molecular complexity index is 1400. The number of rotatable bonds is 4. The molecule has 4 aromatic rings. The third-order valence-electron chi connectivity index (χ3n) is 6.48. The summed E-state index contributed by atoms with van der Waals surface area (Å²) in [5, 5.41) is 17.1. The van der Waals surface area contributed by atoms with Gasteiger partial charge >= 0.3 is 6.01 Å². The average molecular weight is 444 g/mol. The number of fused-ring (bicyclic) bond motifs is 4. The summed E-state index contributed by atoms with van der Waals surface area (Å²) in [6.45, 7) is 2.71. The number of aromatic nitrogens is 4. The van der Waals surface area contributed by atoms with Gasteiger partial charge in [-0.1, -0.05) is 0 Å². The number of benzene rings is 1. The lowest BCUT2D eigenvalue weighted by Gasteiger charge is -2.20. The molecule has 0 saturated carbocycles. The average Bonchev–Trinajstić information content (AvgIpc) is 3.52. The van der Waals surface area contributed by atoms with E-state index in [9.17, 15) is 4.39 Å². The number of halogens is 1. The number of nitrogens with zero attached hydrogens (tertiary/aromatic N) is 5. The summed E-state index contributed by atoms with van der Waals surface area (Å²) in [7, 11) is 1.76. The van der Waals surface area contributed by atoms with Crippen molar-refractivity contribution in [2.24, 2.45) is 5.92 Å². The number of H-pyrrole nitrogens is 1. The molecular formula is C23H21FN8O. The van der Waals surface area contributed by atoms with Crippen LogP contribution in [0.5, 0.6) is 11.8 Å². The van der Waals surface area contributed by atoms with Crippen LogP contribution in [0.25, 0.3) is 21.9 Å². The highest BCUT2D eigenvalue weighted by molar-refractivity contribution is 6.14. The Morgan fingerprint density at radius 3 is 2.94 bits per heavy atom. The van der Waals surface area contributed by atoms with Gasteiger partial charge in [-0.25, -0.2) is 9.37 Å². The van der Waals surface area contributed by atoms with Gasteiger partial charge in [0, 0.05) is 31.6 Å². The normalized spacial score (nSPS) is 19.7. The van der Waals surface area contributed by atoms with Gasteiger partial charge in [-0.05, 0) is 43.1 Å². The van der Waals surface area contributed by atoms with Crippen molar-refractivity contribution in [3.63, 3.8) is 0 Å². The quantitative estimate of drug-likeness (QED) is 0.440. The maximum absolute atomic E-state index is 14.4. The van der Waals surface area contributed by atoms with Gasteiger partial charge < -0.3 is 25.3 Å². The van der Waals surface area contributed by atoms with Crippen molar-refractivity contribution in [2.75, 3.05) is 36.9 Å². The van der Waals surface area contributed by atoms with E-state index in [1.54, 1.807) is 19.2 Å². The van der Waals surface area contributed by atoms with Crippen LogP contribution in [0.3, 0.4) is 0 Å². The summed E-state index contributed by atoms with van der Waals surface area (Å²) in [6, 6.07) is 8.76. The van der Waals surface area contributed by atoms with Crippen LogP contribution in [0.15, 0.2) is 30.5 Å². The first-order valence-corrected chi connectivity index (χ1v) is 10.9. The Kier molecular flexibility index (Phi) is 4.52. The van der Waals surface area contributed by atoms with E-state index in [1.807, 2.05) is 6.07 Å². The smallest absolute Gasteiger partial charge is 0.326 e. The van der Waals surface area contributed by atoms with Gasteiger partial charge in [-0.15, -0.1) is 0 Å². The highest BCUT2D eigenvalue weighted by atomic mass is 19.1. The van der Waals surface area contributed by atoms with Crippen LogP contribution < -0.4 is 20.3 Å². The molecule has 3 N–H and O–H groups in total. The van der Waals surface area contributed by atoms with E-state index in [2.05, 4.69) is 30.5 Å². The molecule has 2 aliphatic rings. The second kappa shape index (κ2) is 7.56. The van der Waals surface area contributed by atoms with Crippen LogP contribution >= 0.6 is 0 Å².